The van der Waals surface area contributed by atoms with Gasteiger partial charge in [0.25, 0.3) is 0 Å². The van der Waals surface area contributed by atoms with Gasteiger partial charge in [-0.25, -0.2) is 0 Å². The summed E-state index contributed by atoms with van der Waals surface area (Å²) < 4.78 is 0. The molecule has 1 rings (SSSR count). The fourth-order valence-corrected chi connectivity index (χ4v) is 0.953. The van der Waals surface area contributed by atoms with Crippen LogP contribution in [0.25, 0.3) is 0 Å². The Morgan fingerprint density at radius 1 is 1.46 bits per heavy atom. The van der Waals surface area contributed by atoms with Gasteiger partial charge in [-0.05, 0) is 35.7 Å². The third kappa shape index (κ3) is 3.37. The summed E-state index contributed by atoms with van der Waals surface area (Å²) in [6.07, 6.45) is 0. The molecule has 0 fully saturated rings. The van der Waals surface area contributed by atoms with E-state index in [1.165, 1.54) is 0 Å². The molecule has 0 heterocycles. The molecule has 0 aliphatic carbocycles. The minimum atomic E-state index is -0.153. The molecule has 2 nitrogen and oxygen atoms in total. The van der Waals surface area contributed by atoms with Gasteiger partial charge < -0.3 is 5.21 Å². The van der Waals surface area contributed by atoms with E-state index in [1.807, 2.05) is 0 Å². The standard InChI is InChI=1S/C9H5Cl2NO/c10-8-3-1-2-7(6-8)4-5-9(11)12-13/h1-3,6,13H/b12-9-. The SMILES string of the molecule is O/N=C(\Cl)C#Cc1cccc(Cl)c1. The van der Waals surface area contributed by atoms with Crippen LogP contribution in [0.4, 0.5) is 0 Å². The largest absolute Gasteiger partial charge is 0.409 e. The van der Waals surface area contributed by atoms with E-state index in [0.29, 0.717) is 10.6 Å². The summed E-state index contributed by atoms with van der Waals surface area (Å²) in [5, 5.41) is 11.3. The first-order valence-electron chi connectivity index (χ1n) is 3.37. The molecule has 0 aliphatic rings. The maximum atomic E-state index is 8.19. The molecule has 0 saturated carbocycles. The molecule has 0 spiro atoms. The minimum Gasteiger partial charge on any atom is -0.409 e. The third-order valence-corrected chi connectivity index (χ3v) is 1.63. The lowest BCUT2D eigenvalue weighted by Crippen LogP contribution is -1.80. The van der Waals surface area contributed by atoms with Crippen molar-refractivity contribution in [2.24, 2.45) is 5.16 Å². The predicted molar refractivity (Wildman–Crippen MR) is 53.4 cm³/mol. The summed E-state index contributed by atoms with van der Waals surface area (Å²) in [6.45, 7) is 0. The summed E-state index contributed by atoms with van der Waals surface area (Å²) in [4.78, 5) is 0. The van der Waals surface area contributed by atoms with E-state index in [-0.39, 0.29) is 5.17 Å². The Bertz CT molecular complexity index is 390. The van der Waals surface area contributed by atoms with Crippen molar-refractivity contribution in [2.45, 2.75) is 0 Å². The molecule has 0 bridgehead atoms. The summed E-state index contributed by atoms with van der Waals surface area (Å²) >= 11 is 11.1. The van der Waals surface area contributed by atoms with E-state index in [1.54, 1.807) is 24.3 Å². The van der Waals surface area contributed by atoms with Crippen molar-refractivity contribution in [1.29, 1.82) is 0 Å². The predicted octanol–water partition coefficient (Wildman–Crippen LogP) is 2.72. The third-order valence-electron chi connectivity index (χ3n) is 1.22. The lowest BCUT2D eigenvalue weighted by molar-refractivity contribution is 0.321. The quantitative estimate of drug-likeness (QED) is 0.306. The lowest BCUT2D eigenvalue weighted by Gasteiger charge is -1.89. The van der Waals surface area contributed by atoms with Crippen LogP contribution in [0.5, 0.6) is 0 Å². The van der Waals surface area contributed by atoms with Crippen molar-refractivity contribution in [2.75, 3.05) is 0 Å². The fourth-order valence-electron chi connectivity index (χ4n) is 0.715. The Labute approximate surface area is 85.8 Å². The Morgan fingerprint density at radius 2 is 2.23 bits per heavy atom. The lowest BCUT2D eigenvalue weighted by atomic mass is 10.2. The zero-order valence-electron chi connectivity index (χ0n) is 6.46. The monoisotopic (exact) mass is 213 g/mol. The molecule has 1 N–H and O–H groups in total. The molecule has 4 heteroatoms. The van der Waals surface area contributed by atoms with Crippen molar-refractivity contribution in [1.82, 2.24) is 0 Å². The van der Waals surface area contributed by atoms with Gasteiger partial charge in [0.1, 0.15) is 0 Å². The van der Waals surface area contributed by atoms with Gasteiger partial charge >= 0.3 is 0 Å². The molecule has 13 heavy (non-hydrogen) atoms. The van der Waals surface area contributed by atoms with Crippen LogP contribution in [0.1, 0.15) is 5.56 Å². The first-order chi connectivity index (χ1) is 6.22. The molecule has 0 saturated heterocycles. The Balaban J connectivity index is 2.90. The number of oxime groups is 1. The maximum Gasteiger partial charge on any atom is 0.218 e. The van der Waals surface area contributed by atoms with Gasteiger partial charge in [-0.1, -0.05) is 28.7 Å². The van der Waals surface area contributed by atoms with Gasteiger partial charge in [-0.3, -0.25) is 0 Å². The molecule has 0 amide bonds. The van der Waals surface area contributed by atoms with E-state index < -0.39 is 0 Å². The van der Waals surface area contributed by atoms with Gasteiger partial charge in [0, 0.05) is 10.6 Å². The second-order valence-corrected chi connectivity index (χ2v) is 2.95. The van der Waals surface area contributed by atoms with Crippen LogP contribution in [0, 0.1) is 11.8 Å². The highest BCUT2D eigenvalue weighted by atomic mass is 35.5. The van der Waals surface area contributed by atoms with Crippen LogP contribution >= 0.6 is 23.2 Å². The van der Waals surface area contributed by atoms with Crippen LogP contribution in [-0.4, -0.2) is 10.4 Å². The molecule has 66 valence electrons. The van der Waals surface area contributed by atoms with E-state index in [9.17, 15) is 0 Å². The number of hydrogen-bond donors (Lipinski definition) is 1. The Kier molecular flexibility index (Phi) is 3.63. The molecular weight excluding hydrogens is 209 g/mol. The van der Waals surface area contributed by atoms with Crippen LogP contribution in [0.3, 0.4) is 0 Å². The summed E-state index contributed by atoms with van der Waals surface area (Å²) in [7, 11) is 0. The van der Waals surface area contributed by atoms with E-state index >= 15 is 0 Å². The molecule has 0 aromatic heterocycles. The molecule has 0 radical (unpaired) electrons. The average molecular weight is 214 g/mol. The van der Waals surface area contributed by atoms with Crippen LogP contribution in [0.2, 0.25) is 5.02 Å². The van der Waals surface area contributed by atoms with Crippen LogP contribution in [-0.2, 0) is 0 Å². The second-order valence-electron chi connectivity index (χ2n) is 2.15. The van der Waals surface area contributed by atoms with Gasteiger partial charge in [0.2, 0.25) is 5.17 Å². The van der Waals surface area contributed by atoms with Crippen LogP contribution in [0.15, 0.2) is 29.4 Å². The number of rotatable bonds is 0. The van der Waals surface area contributed by atoms with Crippen molar-refractivity contribution >= 4 is 28.4 Å². The van der Waals surface area contributed by atoms with Crippen molar-refractivity contribution in [3.05, 3.63) is 34.9 Å². The molecular formula is C9H5Cl2NO. The molecule has 0 unspecified atom stereocenters. The molecule has 0 atom stereocenters. The van der Waals surface area contributed by atoms with Crippen molar-refractivity contribution in [3.63, 3.8) is 0 Å². The van der Waals surface area contributed by atoms with E-state index in [4.69, 9.17) is 28.4 Å². The Hall–Kier alpha value is -1.17. The van der Waals surface area contributed by atoms with Gasteiger partial charge in [-0.2, -0.15) is 0 Å². The molecule has 1 aromatic rings. The summed E-state index contributed by atoms with van der Waals surface area (Å²) in [6, 6.07) is 6.99. The maximum absolute atomic E-state index is 8.19. The number of halogens is 2. The highest BCUT2D eigenvalue weighted by Gasteiger charge is 1.89. The smallest absolute Gasteiger partial charge is 0.218 e. The zero-order chi connectivity index (χ0) is 9.68. The van der Waals surface area contributed by atoms with E-state index in [2.05, 4.69) is 17.0 Å². The van der Waals surface area contributed by atoms with Gasteiger partial charge in [0.05, 0.1) is 0 Å². The van der Waals surface area contributed by atoms with Crippen molar-refractivity contribution < 1.29 is 5.21 Å². The highest BCUT2D eigenvalue weighted by Crippen LogP contribution is 2.09. The highest BCUT2D eigenvalue weighted by molar-refractivity contribution is 6.69. The van der Waals surface area contributed by atoms with Gasteiger partial charge in [-0.15, -0.1) is 0 Å². The first kappa shape index (κ1) is 9.91. The summed E-state index contributed by atoms with van der Waals surface area (Å²) in [5.41, 5.74) is 0.717. The van der Waals surface area contributed by atoms with Crippen LogP contribution < -0.4 is 0 Å². The molecule has 1 aromatic carbocycles. The number of benzene rings is 1. The zero-order valence-corrected chi connectivity index (χ0v) is 7.97. The normalized spacial score (nSPS) is 10.5. The number of hydrogen-bond acceptors (Lipinski definition) is 2. The minimum absolute atomic E-state index is 0.153. The second kappa shape index (κ2) is 4.76. The average Bonchev–Trinajstić information content (AvgIpc) is 2.14. The summed E-state index contributed by atoms with van der Waals surface area (Å²) in [5.74, 6) is 5.11. The van der Waals surface area contributed by atoms with E-state index in [0.717, 1.165) is 0 Å². The topological polar surface area (TPSA) is 32.6 Å². The Morgan fingerprint density at radius 3 is 2.85 bits per heavy atom. The number of nitrogens with zero attached hydrogens (tertiary/aromatic N) is 1. The van der Waals surface area contributed by atoms with Crippen molar-refractivity contribution in [3.8, 4) is 11.8 Å². The molecule has 0 aliphatic heterocycles. The first-order valence-corrected chi connectivity index (χ1v) is 4.13. The fraction of sp³-hybridized carbons (Fsp3) is 0. The van der Waals surface area contributed by atoms with Gasteiger partial charge in [0.15, 0.2) is 0 Å².